The third kappa shape index (κ3) is 2.30. The van der Waals surface area contributed by atoms with Gasteiger partial charge in [-0.25, -0.2) is 0 Å². The zero-order chi connectivity index (χ0) is 15.3. The average Bonchev–Trinajstić information content (AvgIpc) is 2.85. The number of nitrogens with one attached hydrogen (secondary N) is 2. The van der Waals surface area contributed by atoms with Gasteiger partial charge in [0.15, 0.2) is 0 Å². The number of rotatable bonds is 3. The Hall–Kier alpha value is -1.29. The van der Waals surface area contributed by atoms with Crippen LogP contribution in [-0.4, -0.2) is 29.6 Å². The number of carbonyl (C=O) groups is 1. The van der Waals surface area contributed by atoms with Crippen LogP contribution in [0.5, 0.6) is 0 Å². The summed E-state index contributed by atoms with van der Waals surface area (Å²) in [6, 6.07) is 4.64. The summed E-state index contributed by atoms with van der Waals surface area (Å²) in [5, 5.41) is 6.62. The van der Waals surface area contributed by atoms with Gasteiger partial charge in [0.25, 0.3) is 5.91 Å². The molecular weight excluding hydrogens is 262 g/mol. The summed E-state index contributed by atoms with van der Waals surface area (Å²) >= 11 is 0. The molecule has 2 heterocycles. The van der Waals surface area contributed by atoms with E-state index in [2.05, 4.69) is 42.9 Å². The van der Waals surface area contributed by atoms with Gasteiger partial charge in [0, 0.05) is 18.3 Å². The number of hydrogen-bond donors (Lipinski definition) is 2. The summed E-state index contributed by atoms with van der Waals surface area (Å²) in [6.07, 6.45) is 4.23. The van der Waals surface area contributed by atoms with Crippen molar-refractivity contribution >= 4 is 5.91 Å². The molecule has 1 aliphatic heterocycles. The lowest BCUT2D eigenvalue weighted by molar-refractivity contribution is 0.0930. The van der Waals surface area contributed by atoms with Crippen LogP contribution in [0, 0.1) is 10.8 Å². The number of hydrogen-bond acceptors (Lipinski definition) is 2. The summed E-state index contributed by atoms with van der Waals surface area (Å²) in [6.45, 7) is 11.0. The Morgan fingerprint density at radius 3 is 2.43 bits per heavy atom. The standard InChI is InChI=1S/C17H27N3O/c1-16(2)15(17(16,3)4)19-14(21)13-6-5-11-20(13)12-7-9-18-10-8-12/h5-6,11-12,15,18H,7-10H2,1-4H3,(H,19,21). The Morgan fingerprint density at radius 1 is 1.24 bits per heavy atom. The topological polar surface area (TPSA) is 46.1 Å². The minimum absolute atomic E-state index is 0.0715. The highest BCUT2D eigenvalue weighted by Crippen LogP contribution is 2.62. The molecule has 0 atom stereocenters. The summed E-state index contributed by atoms with van der Waals surface area (Å²) in [7, 11) is 0. The Morgan fingerprint density at radius 2 is 1.86 bits per heavy atom. The van der Waals surface area contributed by atoms with Crippen molar-refractivity contribution in [1.82, 2.24) is 15.2 Å². The van der Waals surface area contributed by atoms with Crippen molar-refractivity contribution in [3.05, 3.63) is 24.0 Å². The van der Waals surface area contributed by atoms with Gasteiger partial charge in [-0.2, -0.15) is 0 Å². The highest BCUT2D eigenvalue weighted by molar-refractivity contribution is 5.93. The van der Waals surface area contributed by atoms with E-state index in [0.29, 0.717) is 6.04 Å². The van der Waals surface area contributed by atoms with E-state index in [-0.39, 0.29) is 22.8 Å². The number of piperidine rings is 1. The lowest BCUT2D eigenvalue weighted by Crippen LogP contribution is -2.34. The van der Waals surface area contributed by atoms with Gasteiger partial charge in [-0.15, -0.1) is 0 Å². The largest absolute Gasteiger partial charge is 0.347 e. The third-order valence-corrected chi connectivity index (χ3v) is 6.01. The predicted molar refractivity (Wildman–Crippen MR) is 84.4 cm³/mol. The minimum atomic E-state index is 0.0715. The first-order valence-electron chi connectivity index (χ1n) is 8.04. The number of aromatic nitrogens is 1. The van der Waals surface area contributed by atoms with E-state index in [9.17, 15) is 4.79 Å². The molecule has 4 nitrogen and oxygen atoms in total. The lowest BCUT2D eigenvalue weighted by Gasteiger charge is -2.26. The maximum absolute atomic E-state index is 12.6. The fourth-order valence-corrected chi connectivity index (χ4v) is 3.75. The fourth-order valence-electron chi connectivity index (χ4n) is 3.75. The third-order valence-electron chi connectivity index (χ3n) is 6.01. The maximum atomic E-state index is 12.6. The monoisotopic (exact) mass is 289 g/mol. The normalized spacial score (nSPS) is 24.8. The molecule has 0 spiro atoms. The van der Waals surface area contributed by atoms with Crippen molar-refractivity contribution < 1.29 is 4.79 Å². The summed E-state index contributed by atoms with van der Waals surface area (Å²) < 4.78 is 2.17. The van der Waals surface area contributed by atoms with Crippen LogP contribution in [0.15, 0.2) is 18.3 Å². The molecule has 2 aliphatic rings. The van der Waals surface area contributed by atoms with Crippen molar-refractivity contribution in [3.8, 4) is 0 Å². The molecule has 1 saturated heterocycles. The molecule has 2 fully saturated rings. The van der Waals surface area contributed by atoms with Crippen molar-refractivity contribution in [2.24, 2.45) is 10.8 Å². The Kier molecular flexibility index (Phi) is 3.40. The molecule has 4 heteroatoms. The molecule has 21 heavy (non-hydrogen) atoms. The van der Waals surface area contributed by atoms with E-state index in [1.54, 1.807) is 0 Å². The molecule has 3 rings (SSSR count). The second-order valence-corrected chi connectivity index (χ2v) is 7.63. The van der Waals surface area contributed by atoms with E-state index in [1.165, 1.54) is 0 Å². The van der Waals surface area contributed by atoms with Crippen LogP contribution in [-0.2, 0) is 0 Å². The van der Waals surface area contributed by atoms with Gasteiger partial charge in [-0.3, -0.25) is 4.79 Å². The second-order valence-electron chi connectivity index (χ2n) is 7.63. The highest BCUT2D eigenvalue weighted by atomic mass is 16.2. The van der Waals surface area contributed by atoms with Gasteiger partial charge >= 0.3 is 0 Å². The first kappa shape index (κ1) is 14.6. The molecule has 116 valence electrons. The summed E-state index contributed by atoms with van der Waals surface area (Å²) in [5.41, 5.74) is 1.16. The van der Waals surface area contributed by atoms with Crippen molar-refractivity contribution in [2.75, 3.05) is 13.1 Å². The van der Waals surface area contributed by atoms with E-state index < -0.39 is 0 Å². The second kappa shape index (κ2) is 4.87. The SMILES string of the molecule is CC1(C)C(NC(=O)c2cccn2C2CCNCC2)C1(C)C. The molecule has 0 bridgehead atoms. The van der Waals surface area contributed by atoms with Gasteiger partial charge in [0.05, 0.1) is 0 Å². The molecule has 1 amide bonds. The van der Waals surface area contributed by atoms with Gasteiger partial charge in [-0.05, 0) is 48.9 Å². The fraction of sp³-hybridized carbons (Fsp3) is 0.706. The molecule has 1 aromatic rings. The molecule has 1 saturated carbocycles. The van der Waals surface area contributed by atoms with Crippen LogP contribution in [0.2, 0.25) is 0 Å². The zero-order valence-corrected chi connectivity index (χ0v) is 13.6. The Labute approximate surface area is 127 Å². The van der Waals surface area contributed by atoms with Gasteiger partial charge in [0.2, 0.25) is 0 Å². The first-order valence-corrected chi connectivity index (χ1v) is 8.04. The van der Waals surface area contributed by atoms with Crippen LogP contribution in [0.1, 0.15) is 57.1 Å². The van der Waals surface area contributed by atoms with Crippen LogP contribution >= 0.6 is 0 Å². The average molecular weight is 289 g/mol. The first-order chi connectivity index (χ1) is 9.85. The van der Waals surface area contributed by atoms with Gasteiger partial charge in [-0.1, -0.05) is 27.7 Å². The van der Waals surface area contributed by atoms with E-state index in [0.717, 1.165) is 31.6 Å². The van der Waals surface area contributed by atoms with Gasteiger partial charge in [0.1, 0.15) is 5.69 Å². The predicted octanol–water partition coefficient (Wildman–Crippen LogP) is 2.58. The van der Waals surface area contributed by atoms with Crippen LogP contribution in [0.25, 0.3) is 0 Å². The molecule has 0 aromatic carbocycles. The Bertz CT molecular complexity index is 524. The molecule has 2 N–H and O–H groups in total. The van der Waals surface area contributed by atoms with Crippen LogP contribution < -0.4 is 10.6 Å². The summed E-state index contributed by atoms with van der Waals surface area (Å²) in [4.78, 5) is 12.6. The number of amides is 1. The number of carbonyl (C=O) groups excluding carboxylic acids is 1. The van der Waals surface area contributed by atoms with Crippen molar-refractivity contribution in [1.29, 1.82) is 0 Å². The van der Waals surface area contributed by atoms with E-state index >= 15 is 0 Å². The van der Waals surface area contributed by atoms with Crippen molar-refractivity contribution in [3.63, 3.8) is 0 Å². The molecule has 1 aliphatic carbocycles. The lowest BCUT2D eigenvalue weighted by atomic mass is 10.0. The van der Waals surface area contributed by atoms with Gasteiger partial charge < -0.3 is 15.2 Å². The highest BCUT2D eigenvalue weighted by Gasteiger charge is 2.65. The van der Waals surface area contributed by atoms with Crippen LogP contribution in [0.3, 0.4) is 0 Å². The molecular formula is C17H27N3O. The molecule has 0 radical (unpaired) electrons. The van der Waals surface area contributed by atoms with Crippen molar-refractivity contribution in [2.45, 2.75) is 52.6 Å². The quantitative estimate of drug-likeness (QED) is 0.898. The molecule has 1 aromatic heterocycles. The minimum Gasteiger partial charge on any atom is -0.347 e. The maximum Gasteiger partial charge on any atom is 0.268 e. The van der Waals surface area contributed by atoms with E-state index in [4.69, 9.17) is 0 Å². The smallest absolute Gasteiger partial charge is 0.268 e. The number of nitrogens with zero attached hydrogens (tertiary/aromatic N) is 1. The Balaban J connectivity index is 1.73. The molecule has 0 unspecified atom stereocenters. The van der Waals surface area contributed by atoms with Crippen LogP contribution in [0.4, 0.5) is 0 Å². The zero-order valence-electron chi connectivity index (χ0n) is 13.6. The summed E-state index contributed by atoms with van der Waals surface area (Å²) in [5.74, 6) is 0.0715. The van der Waals surface area contributed by atoms with E-state index in [1.807, 2.05) is 18.3 Å².